The summed E-state index contributed by atoms with van der Waals surface area (Å²) >= 11 is 1.64. The molecule has 2 aromatic heterocycles. The first-order valence-electron chi connectivity index (χ1n) is 6.98. The number of anilines is 1. The third kappa shape index (κ3) is 2.04. The molecular formula is C14H16N4OS. The Morgan fingerprint density at radius 1 is 1.50 bits per heavy atom. The van der Waals surface area contributed by atoms with E-state index >= 15 is 0 Å². The summed E-state index contributed by atoms with van der Waals surface area (Å²) in [6.07, 6.45) is 8.15. The van der Waals surface area contributed by atoms with Crippen LogP contribution in [0.1, 0.15) is 34.9 Å². The van der Waals surface area contributed by atoms with Gasteiger partial charge in [-0.25, -0.2) is 4.98 Å². The molecule has 2 aliphatic rings. The largest absolute Gasteiger partial charge is 0.302 e. The Kier molecular flexibility index (Phi) is 2.66. The molecule has 0 aromatic carbocycles. The van der Waals surface area contributed by atoms with Gasteiger partial charge in [0.05, 0.1) is 11.9 Å². The molecule has 20 heavy (non-hydrogen) atoms. The fourth-order valence-electron chi connectivity index (χ4n) is 2.93. The quantitative estimate of drug-likeness (QED) is 0.941. The van der Waals surface area contributed by atoms with Gasteiger partial charge < -0.3 is 5.32 Å². The third-order valence-electron chi connectivity index (χ3n) is 4.11. The lowest BCUT2D eigenvalue weighted by Crippen LogP contribution is -2.14. The van der Waals surface area contributed by atoms with E-state index in [2.05, 4.69) is 15.4 Å². The third-order valence-corrected chi connectivity index (χ3v) is 5.18. The van der Waals surface area contributed by atoms with E-state index in [0.717, 1.165) is 30.0 Å². The van der Waals surface area contributed by atoms with E-state index in [4.69, 9.17) is 0 Å². The summed E-state index contributed by atoms with van der Waals surface area (Å²) in [6, 6.07) is 0. The molecule has 5 nitrogen and oxygen atoms in total. The Hall–Kier alpha value is -1.69. The van der Waals surface area contributed by atoms with E-state index in [9.17, 15) is 4.79 Å². The standard InChI is InChI=1S/C14H16N4OS/c1-18-7-8(6-15-18)9-5-10(9)13(19)17-14-16-11-3-2-4-12(11)20-14/h6-7,9-10H,2-5H2,1H3,(H,16,17,19)/t9-,10-/m0/s1. The van der Waals surface area contributed by atoms with Gasteiger partial charge in [0, 0.05) is 24.0 Å². The van der Waals surface area contributed by atoms with Crippen LogP contribution in [0.2, 0.25) is 0 Å². The van der Waals surface area contributed by atoms with E-state index in [1.165, 1.54) is 17.0 Å². The number of nitrogens with zero attached hydrogens (tertiary/aromatic N) is 3. The molecule has 2 aliphatic carbocycles. The first kappa shape index (κ1) is 12.1. The second kappa shape index (κ2) is 4.41. The number of nitrogens with one attached hydrogen (secondary N) is 1. The second-order valence-electron chi connectivity index (χ2n) is 5.63. The van der Waals surface area contributed by atoms with Crippen molar-refractivity contribution in [3.8, 4) is 0 Å². The molecule has 2 heterocycles. The Morgan fingerprint density at radius 2 is 2.40 bits per heavy atom. The predicted molar refractivity (Wildman–Crippen MR) is 76.8 cm³/mol. The molecule has 4 rings (SSSR count). The number of fused-ring (bicyclic) bond motifs is 1. The molecule has 0 unspecified atom stereocenters. The molecule has 0 radical (unpaired) electrons. The van der Waals surface area contributed by atoms with Gasteiger partial charge in [-0.15, -0.1) is 11.3 Å². The molecule has 104 valence electrons. The van der Waals surface area contributed by atoms with Gasteiger partial charge in [0.25, 0.3) is 0 Å². The predicted octanol–water partition coefficient (Wildman–Crippen LogP) is 2.11. The van der Waals surface area contributed by atoms with Crippen LogP contribution in [0.15, 0.2) is 12.4 Å². The summed E-state index contributed by atoms with van der Waals surface area (Å²) in [5.74, 6) is 0.514. The minimum Gasteiger partial charge on any atom is -0.302 e. The zero-order valence-electron chi connectivity index (χ0n) is 11.3. The number of aromatic nitrogens is 3. The van der Waals surface area contributed by atoms with Crippen LogP contribution in [0.4, 0.5) is 5.13 Å². The van der Waals surface area contributed by atoms with Crippen LogP contribution in [0, 0.1) is 5.92 Å². The number of carbonyl (C=O) groups excluding carboxylic acids is 1. The zero-order valence-corrected chi connectivity index (χ0v) is 12.1. The molecule has 2 aromatic rings. The summed E-state index contributed by atoms with van der Waals surface area (Å²) in [5, 5.41) is 7.92. The van der Waals surface area contributed by atoms with Crippen molar-refractivity contribution in [1.82, 2.24) is 14.8 Å². The number of hydrogen-bond donors (Lipinski definition) is 1. The van der Waals surface area contributed by atoms with Gasteiger partial charge in [-0.05, 0) is 37.2 Å². The molecule has 1 saturated carbocycles. The van der Waals surface area contributed by atoms with Crippen LogP contribution in [0.25, 0.3) is 0 Å². The molecule has 1 fully saturated rings. The van der Waals surface area contributed by atoms with E-state index in [1.54, 1.807) is 16.0 Å². The minimum absolute atomic E-state index is 0.0814. The molecule has 1 amide bonds. The lowest BCUT2D eigenvalue weighted by atomic mass is 10.2. The number of rotatable bonds is 3. The molecular weight excluding hydrogens is 272 g/mol. The Balaban J connectivity index is 1.41. The number of hydrogen-bond acceptors (Lipinski definition) is 4. The fraction of sp³-hybridized carbons (Fsp3) is 0.500. The van der Waals surface area contributed by atoms with Crippen molar-refractivity contribution < 1.29 is 4.79 Å². The minimum atomic E-state index is 0.0814. The maximum atomic E-state index is 12.2. The van der Waals surface area contributed by atoms with Crippen LogP contribution in [0.5, 0.6) is 0 Å². The number of amides is 1. The molecule has 0 spiro atoms. The average molecular weight is 288 g/mol. The monoisotopic (exact) mass is 288 g/mol. The number of carbonyl (C=O) groups is 1. The summed E-state index contributed by atoms with van der Waals surface area (Å²) < 4.78 is 1.79. The van der Waals surface area contributed by atoms with Crippen LogP contribution in [0.3, 0.4) is 0 Å². The maximum Gasteiger partial charge on any atom is 0.229 e. The molecule has 0 aliphatic heterocycles. The highest BCUT2D eigenvalue weighted by Crippen LogP contribution is 2.48. The number of thiazole rings is 1. The van der Waals surface area contributed by atoms with Crippen molar-refractivity contribution in [3.05, 3.63) is 28.5 Å². The Labute approximate surface area is 121 Å². The maximum absolute atomic E-state index is 12.2. The molecule has 1 N–H and O–H groups in total. The zero-order chi connectivity index (χ0) is 13.7. The summed E-state index contributed by atoms with van der Waals surface area (Å²) in [4.78, 5) is 18.1. The second-order valence-corrected chi connectivity index (χ2v) is 6.71. The van der Waals surface area contributed by atoms with E-state index in [-0.39, 0.29) is 11.8 Å². The smallest absolute Gasteiger partial charge is 0.229 e. The highest BCUT2D eigenvalue weighted by atomic mass is 32.1. The van der Waals surface area contributed by atoms with Crippen molar-refractivity contribution >= 4 is 22.4 Å². The van der Waals surface area contributed by atoms with Gasteiger partial charge in [-0.3, -0.25) is 9.48 Å². The summed E-state index contributed by atoms with van der Waals surface area (Å²) in [5.41, 5.74) is 2.35. The van der Waals surface area contributed by atoms with Crippen LogP contribution < -0.4 is 5.32 Å². The van der Waals surface area contributed by atoms with Crippen molar-refractivity contribution in [2.24, 2.45) is 13.0 Å². The van der Waals surface area contributed by atoms with Crippen molar-refractivity contribution in [2.75, 3.05) is 5.32 Å². The lowest BCUT2D eigenvalue weighted by molar-refractivity contribution is -0.117. The summed E-state index contributed by atoms with van der Waals surface area (Å²) in [6.45, 7) is 0. The first-order chi connectivity index (χ1) is 9.70. The SMILES string of the molecule is Cn1cc([C@@H]2C[C@@H]2C(=O)Nc2nc3c(s2)CCC3)cn1. The van der Waals surface area contributed by atoms with Crippen LogP contribution in [-0.2, 0) is 24.7 Å². The van der Waals surface area contributed by atoms with Gasteiger partial charge >= 0.3 is 0 Å². The first-order valence-corrected chi connectivity index (χ1v) is 7.80. The highest BCUT2D eigenvalue weighted by Gasteiger charge is 2.44. The summed E-state index contributed by atoms with van der Waals surface area (Å²) in [7, 11) is 1.90. The van der Waals surface area contributed by atoms with Gasteiger partial charge in [-0.1, -0.05) is 0 Å². The molecule has 2 atom stereocenters. The van der Waals surface area contributed by atoms with Crippen molar-refractivity contribution in [2.45, 2.75) is 31.6 Å². The van der Waals surface area contributed by atoms with Gasteiger partial charge in [0.1, 0.15) is 0 Å². The van der Waals surface area contributed by atoms with E-state index < -0.39 is 0 Å². The van der Waals surface area contributed by atoms with E-state index in [0.29, 0.717) is 5.92 Å². The highest BCUT2D eigenvalue weighted by molar-refractivity contribution is 7.15. The van der Waals surface area contributed by atoms with Crippen molar-refractivity contribution in [1.29, 1.82) is 0 Å². The lowest BCUT2D eigenvalue weighted by Gasteiger charge is -2.00. The Bertz CT molecular complexity index is 653. The normalized spacial score (nSPS) is 23.6. The average Bonchev–Trinajstić information content (AvgIpc) is 2.70. The van der Waals surface area contributed by atoms with Gasteiger partial charge in [0.15, 0.2) is 5.13 Å². The van der Waals surface area contributed by atoms with Crippen LogP contribution >= 0.6 is 11.3 Å². The molecule has 0 saturated heterocycles. The van der Waals surface area contributed by atoms with Crippen molar-refractivity contribution in [3.63, 3.8) is 0 Å². The van der Waals surface area contributed by atoms with E-state index in [1.807, 2.05) is 19.4 Å². The van der Waals surface area contributed by atoms with Gasteiger partial charge in [0.2, 0.25) is 5.91 Å². The molecule has 0 bridgehead atoms. The fourth-order valence-corrected chi connectivity index (χ4v) is 3.98. The topological polar surface area (TPSA) is 59.8 Å². The van der Waals surface area contributed by atoms with Crippen LogP contribution in [-0.4, -0.2) is 20.7 Å². The molecule has 6 heteroatoms. The Morgan fingerprint density at radius 3 is 3.15 bits per heavy atom. The van der Waals surface area contributed by atoms with Gasteiger partial charge in [-0.2, -0.15) is 5.10 Å². The number of aryl methyl sites for hydroxylation is 3.